The number of hydrogen-bond donors (Lipinski definition) is 0. The van der Waals surface area contributed by atoms with Crippen LogP contribution in [-0.2, 0) is 4.79 Å². The molecule has 11 heavy (non-hydrogen) atoms. The van der Waals surface area contributed by atoms with Crippen LogP contribution < -0.4 is 0 Å². The molecular formula is C5H5N3O3. The molecule has 0 aromatic carbocycles. The Balaban J connectivity index is 2.77. The zero-order chi connectivity index (χ0) is 8.43. The summed E-state index contributed by atoms with van der Waals surface area (Å²) in [6, 6.07) is 0. The Morgan fingerprint density at radius 1 is 1.64 bits per heavy atom. The van der Waals surface area contributed by atoms with E-state index < -0.39 is 16.5 Å². The molecule has 0 spiro atoms. The lowest BCUT2D eigenvalue weighted by molar-refractivity contribution is -0.381. The van der Waals surface area contributed by atoms with Gasteiger partial charge < -0.3 is 5.53 Å². The fourth-order valence-corrected chi connectivity index (χ4v) is 0.704. The molecule has 6 heteroatoms. The summed E-state index contributed by atoms with van der Waals surface area (Å²) >= 11 is 0. The van der Waals surface area contributed by atoms with Gasteiger partial charge in [-0.25, -0.2) is 0 Å². The molecule has 0 bridgehead atoms. The monoisotopic (exact) mass is 155 g/mol. The molecule has 0 N–H and O–H groups in total. The maximum atomic E-state index is 10.8. The first kappa shape index (κ1) is 7.56. The quantitative estimate of drug-likeness (QED) is 0.139. The third-order valence-electron chi connectivity index (χ3n) is 1.44. The predicted octanol–water partition coefficient (Wildman–Crippen LogP) is -0.130. The summed E-state index contributed by atoms with van der Waals surface area (Å²) in [6.07, 6.45) is 1.32. The van der Waals surface area contributed by atoms with Crippen molar-refractivity contribution in [1.29, 1.82) is 0 Å². The van der Waals surface area contributed by atoms with Crippen LogP contribution in [-0.4, -0.2) is 21.3 Å². The lowest BCUT2D eigenvalue weighted by Crippen LogP contribution is -2.25. The van der Waals surface area contributed by atoms with Gasteiger partial charge in [0.05, 0.1) is 0 Å². The molecule has 0 atom stereocenters. The number of Topliss-reactive ketones (excluding diaryl/α,β-unsaturated/α-hetero) is 1. The highest BCUT2D eigenvalue weighted by Crippen LogP contribution is 2.29. The van der Waals surface area contributed by atoms with Crippen molar-refractivity contribution in [3.8, 4) is 0 Å². The molecule has 58 valence electrons. The second-order valence-electron chi connectivity index (χ2n) is 2.32. The van der Waals surface area contributed by atoms with Gasteiger partial charge in [0.15, 0.2) is 0 Å². The fraction of sp³-hybridized carbons (Fsp3) is 0.600. The molecule has 0 aliphatic heterocycles. The van der Waals surface area contributed by atoms with Crippen molar-refractivity contribution < 1.29 is 14.5 Å². The van der Waals surface area contributed by atoms with E-state index >= 15 is 0 Å². The number of rotatable bonds is 2. The van der Waals surface area contributed by atoms with E-state index in [2.05, 4.69) is 4.79 Å². The van der Waals surface area contributed by atoms with Crippen LogP contribution in [0.25, 0.3) is 5.53 Å². The highest BCUT2D eigenvalue weighted by atomic mass is 16.6. The Morgan fingerprint density at radius 2 is 2.18 bits per heavy atom. The second kappa shape index (κ2) is 2.59. The first-order chi connectivity index (χ1) is 5.16. The average Bonchev–Trinajstić information content (AvgIpc) is 2.68. The average molecular weight is 155 g/mol. The molecule has 1 fully saturated rings. The maximum Gasteiger partial charge on any atom is 0.647 e. The Hall–Kier alpha value is -1.55. The number of ketones is 1. The zero-order valence-electron chi connectivity index (χ0n) is 5.56. The molecule has 0 aromatic rings. The summed E-state index contributed by atoms with van der Waals surface area (Å²) < 4.78 is 0. The maximum absolute atomic E-state index is 10.8. The Bertz CT molecular complexity index is 262. The van der Waals surface area contributed by atoms with E-state index in [4.69, 9.17) is 5.53 Å². The van der Waals surface area contributed by atoms with Crippen LogP contribution in [0.5, 0.6) is 0 Å². The third kappa shape index (κ3) is 1.47. The molecular weight excluding hydrogens is 150 g/mol. The molecule has 0 heterocycles. The van der Waals surface area contributed by atoms with Crippen LogP contribution >= 0.6 is 0 Å². The summed E-state index contributed by atoms with van der Waals surface area (Å²) in [4.78, 5) is 22.2. The molecule has 0 radical (unpaired) electrons. The molecule has 0 unspecified atom stereocenters. The van der Waals surface area contributed by atoms with Gasteiger partial charge in [-0.05, 0) is 12.8 Å². The van der Waals surface area contributed by atoms with Gasteiger partial charge in [-0.15, -0.1) is 0 Å². The molecule has 0 amide bonds. The van der Waals surface area contributed by atoms with E-state index in [-0.39, 0.29) is 5.92 Å². The van der Waals surface area contributed by atoms with Crippen molar-refractivity contribution in [2.24, 2.45) is 5.92 Å². The normalized spacial score (nSPS) is 15.3. The zero-order valence-corrected chi connectivity index (χ0v) is 5.56. The van der Waals surface area contributed by atoms with Crippen LogP contribution in [0.15, 0.2) is 0 Å². The van der Waals surface area contributed by atoms with Crippen molar-refractivity contribution in [2.75, 3.05) is 0 Å². The highest BCUT2D eigenvalue weighted by Gasteiger charge is 2.45. The van der Waals surface area contributed by atoms with Crippen molar-refractivity contribution in [3.63, 3.8) is 0 Å². The highest BCUT2D eigenvalue weighted by molar-refractivity contribution is 6.34. The van der Waals surface area contributed by atoms with Crippen molar-refractivity contribution in [2.45, 2.75) is 12.8 Å². The van der Waals surface area contributed by atoms with Crippen LogP contribution in [0.3, 0.4) is 0 Å². The first-order valence-electron chi connectivity index (χ1n) is 3.07. The molecule has 0 saturated heterocycles. The lowest BCUT2D eigenvalue weighted by Gasteiger charge is -1.81. The Labute approximate surface area is 61.6 Å². The Morgan fingerprint density at radius 3 is 2.45 bits per heavy atom. The van der Waals surface area contributed by atoms with Crippen molar-refractivity contribution in [3.05, 3.63) is 15.6 Å². The smallest absolute Gasteiger partial charge is 0.354 e. The van der Waals surface area contributed by atoms with Gasteiger partial charge in [0.2, 0.25) is 0 Å². The summed E-state index contributed by atoms with van der Waals surface area (Å²) in [5.41, 5.74) is 8.07. The van der Waals surface area contributed by atoms with Gasteiger partial charge in [-0.1, -0.05) is 4.79 Å². The molecule has 0 aromatic heterocycles. The minimum Gasteiger partial charge on any atom is -0.354 e. The minimum absolute atomic E-state index is 0.286. The SMILES string of the molecule is [N-]=[N+]=C(C(=O)C1CC1)[N+](=O)[O-]. The number of nitro groups is 1. The van der Waals surface area contributed by atoms with E-state index in [1.165, 1.54) is 0 Å². The van der Waals surface area contributed by atoms with Gasteiger partial charge >= 0.3 is 11.6 Å². The van der Waals surface area contributed by atoms with Gasteiger partial charge in [0.1, 0.15) is 4.92 Å². The number of carbonyl (C=O) groups is 1. The third-order valence-corrected chi connectivity index (χ3v) is 1.44. The van der Waals surface area contributed by atoms with Gasteiger partial charge in [0, 0.05) is 5.92 Å². The molecule has 1 aliphatic rings. The topological polar surface area (TPSA) is 96.6 Å². The summed E-state index contributed by atoms with van der Waals surface area (Å²) in [5.74, 6) is -1.91. The van der Waals surface area contributed by atoms with E-state index in [0.717, 1.165) is 0 Å². The second-order valence-corrected chi connectivity index (χ2v) is 2.32. The molecule has 1 saturated carbocycles. The van der Waals surface area contributed by atoms with Crippen LogP contribution in [0, 0.1) is 16.0 Å². The molecule has 1 aliphatic carbocycles. The lowest BCUT2D eigenvalue weighted by atomic mass is 10.2. The van der Waals surface area contributed by atoms with Gasteiger partial charge in [0.25, 0.3) is 0 Å². The van der Waals surface area contributed by atoms with Gasteiger partial charge in [-0.2, -0.15) is 0 Å². The summed E-state index contributed by atoms with van der Waals surface area (Å²) in [5, 5.41) is 10.00. The number of nitrogens with zero attached hydrogens (tertiary/aromatic N) is 3. The van der Waals surface area contributed by atoms with E-state index in [1.54, 1.807) is 0 Å². The van der Waals surface area contributed by atoms with E-state index in [9.17, 15) is 14.9 Å². The standard InChI is InChI=1S/C5H5N3O3/c6-7-5(8(10)11)4(9)3-1-2-3/h3H,1-2H2. The summed E-state index contributed by atoms with van der Waals surface area (Å²) in [7, 11) is 0. The van der Waals surface area contributed by atoms with Crippen LogP contribution in [0.1, 0.15) is 12.8 Å². The van der Waals surface area contributed by atoms with E-state index in [1.807, 2.05) is 0 Å². The number of hydrogen-bond acceptors (Lipinski definition) is 3. The van der Waals surface area contributed by atoms with Gasteiger partial charge in [-0.3, -0.25) is 14.9 Å². The van der Waals surface area contributed by atoms with Crippen LogP contribution in [0.4, 0.5) is 0 Å². The summed E-state index contributed by atoms with van der Waals surface area (Å²) in [6.45, 7) is 0. The molecule has 1 rings (SSSR count). The minimum atomic E-state index is -0.972. The number of carbonyl (C=O) groups excluding carboxylic acids is 1. The first-order valence-corrected chi connectivity index (χ1v) is 3.07. The Kier molecular flexibility index (Phi) is 1.78. The van der Waals surface area contributed by atoms with Crippen LogP contribution in [0.2, 0.25) is 0 Å². The predicted molar refractivity (Wildman–Crippen MR) is 33.4 cm³/mol. The van der Waals surface area contributed by atoms with Crippen molar-refractivity contribution >= 4 is 11.6 Å². The van der Waals surface area contributed by atoms with Crippen molar-refractivity contribution in [1.82, 2.24) is 0 Å². The van der Waals surface area contributed by atoms with E-state index in [0.29, 0.717) is 12.8 Å². The fourth-order valence-electron chi connectivity index (χ4n) is 0.704. The number of amidine groups is 1. The largest absolute Gasteiger partial charge is 0.647 e. The molecule has 6 nitrogen and oxygen atoms in total.